The van der Waals surface area contributed by atoms with E-state index in [1.807, 2.05) is 20.8 Å². The average Bonchev–Trinajstić information content (AvgIpc) is 3.03. The van der Waals surface area contributed by atoms with Gasteiger partial charge in [0.15, 0.2) is 0 Å². The first-order valence-corrected chi connectivity index (χ1v) is 6.48. The molecule has 104 valence electrons. The van der Waals surface area contributed by atoms with E-state index in [0.29, 0.717) is 16.8 Å². The van der Waals surface area contributed by atoms with Gasteiger partial charge in [-0.25, -0.2) is 4.98 Å². The minimum absolute atomic E-state index is 0.131. The number of oxazole rings is 1. The molecule has 1 N–H and O–H groups in total. The van der Waals surface area contributed by atoms with E-state index in [4.69, 9.17) is 16.0 Å². The highest BCUT2D eigenvalue weighted by Crippen LogP contribution is 2.25. The second-order valence-electron chi connectivity index (χ2n) is 4.52. The summed E-state index contributed by atoms with van der Waals surface area (Å²) in [7, 11) is 0. The van der Waals surface area contributed by atoms with Crippen LogP contribution in [0.15, 0.2) is 16.9 Å². The van der Waals surface area contributed by atoms with Crippen molar-refractivity contribution >= 4 is 23.2 Å². The van der Waals surface area contributed by atoms with Gasteiger partial charge < -0.3 is 9.73 Å². The lowest BCUT2D eigenvalue weighted by Gasteiger charge is -2.15. The zero-order valence-corrected chi connectivity index (χ0v) is 12.0. The number of anilines is 1. The van der Waals surface area contributed by atoms with E-state index in [0.717, 1.165) is 17.1 Å². The van der Waals surface area contributed by atoms with Gasteiger partial charge in [0.25, 0.3) is 5.78 Å². The predicted molar refractivity (Wildman–Crippen MR) is 73.8 cm³/mol. The number of nitrogens with one attached hydrogen (secondary N) is 1. The molecule has 8 heteroatoms. The van der Waals surface area contributed by atoms with Gasteiger partial charge in [-0.15, -0.1) is 0 Å². The SMILES string of the molecule is Cc1cnc(C(C)Nc2c(C)c(Cl)nc3ncnn23)o1. The van der Waals surface area contributed by atoms with Crippen LogP contribution in [-0.4, -0.2) is 24.6 Å². The maximum absolute atomic E-state index is 6.11. The van der Waals surface area contributed by atoms with Crippen LogP contribution in [0.3, 0.4) is 0 Å². The molecule has 3 rings (SSSR count). The van der Waals surface area contributed by atoms with Crippen LogP contribution < -0.4 is 5.32 Å². The highest BCUT2D eigenvalue weighted by molar-refractivity contribution is 6.30. The zero-order valence-electron chi connectivity index (χ0n) is 11.3. The topological polar surface area (TPSA) is 81.1 Å². The van der Waals surface area contributed by atoms with E-state index in [9.17, 15) is 0 Å². The van der Waals surface area contributed by atoms with Crippen molar-refractivity contribution in [3.05, 3.63) is 34.9 Å². The van der Waals surface area contributed by atoms with E-state index in [2.05, 4.69) is 25.4 Å². The van der Waals surface area contributed by atoms with Crippen LogP contribution in [0.25, 0.3) is 5.78 Å². The van der Waals surface area contributed by atoms with Gasteiger partial charge in [0.2, 0.25) is 5.89 Å². The first kappa shape index (κ1) is 12.9. The zero-order chi connectivity index (χ0) is 14.3. The van der Waals surface area contributed by atoms with Gasteiger partial charge in [0.05, 0.1) is 6.20 Å². The van der Waals surface area contributed by atoms with E-state index >= 15 is 0 Å². The smallest absolute Gasteiger partial charge is 0.255 e. The standard InChI is InChI=1S/C12H13ClN6O/c1-6-4-14-11(20-6)8(3)17-10-7(2)9(13)18-12-15-5-16-19(10)12/h4-5,8,17H,1-3H3. The lowest BCUT2D eigenvalue weighted by Crippen LogP contribution is -2.13. The predicted octanol–water partition coefficient (Wildman–Crippen LogP) is 2.56. The van der Waals surface area contributed by atoms with E-state index in [1.165, 1.54) is 6.33 Å². The van der Waals surface area contributed by atoms with Gasteiger partial charge in [0, 0.05) is 5.56 Å². The number of rotatable bonds is 3. The maximum atomic E-state index is 6.11. The third kappa shape index (κ3) is 2.09. The van der Waals surface area contributed by atoms with Crippen molar-refractivity contribution in [1.29, 1.82) is 0 Å². The summed E-state index contributed by atoms with van der Waals surface area (Å²) in [6.07, 6.45) is 3.12. The number of fused-ring (bicyclic) bond motifs is 1. The summed E-state index contributed by atoms with van der Waals surface area (Å²) in [4.78, 5) is 12.4. The van der Waals surface area contributed by atoms with E-state index in [1.54, 1.807) is 10.7 Å². The highest BCUT2D eigenvalue weighted by Gasteiger charge is 2.17. The molecule has 0 aromatic carbocycles. The molecule has 0 amide bonds. The molecule has 0 radical (unpaired) electrons. The molecule has 0 fully saturated rings. The first-order valence-electron chi connectivity index (χ1n) is 6.11. The Morgan fingerprint density at radius 3 is 2.85 bits per heavy atom. The van der Waals surface area contributed by atoms with Gasteiger partial charge in [-0.3, -0.25) is 0 Å². The number of hydrogen-bond donors (Lipinski definition) is 1. The van der Waals surface area contributed by atoms with Crippen molar-refractivity contribution in [3.63, 3.8) is 0 Å². The third-order valence-electron chi connectivity index (χ3n) is 2.97. The Kier molecular flexibility index (Phi) is 3.06. The molecule has 1 atom stereocenters. The summed E-state index contributed by atoms with van der Waals surface area (Å²) >= 11 is 6.11. The summed E-state index contributed by atoms with van der Waals surface area (Å²) in [6, 6.07) is -0.131. The summed E-state index contributed by atoms with van der Waals surface area (Å²) in [5.41, 5.74) is 0.791. The van der Waals surface area contributed by atoms with Crippen LogP contribution in [0, 0.1) is 13.8 Å². The maximum Gasteiger partial charge on any atom is 0.255 e. The molecule has 0 saturated heterocycles. The monoisotopic (exact) mass is 292 g/mol. The largest absolute Gasteiger partial charge is 0.444 e. The molecular formula is C12H13ClN6O. The van der Waals surface area contributed by atoms with Gasteiger partial charge in [-0.2, -0.15) is 19.6 Å². The van der Waals surface area contributed by atoms with Gasteiger partial charge in [0.1, 0.15) is 29.1 Å². The van der Waals surface area contributed by atoms with Crippen molar-refractivity contribution in [3.8, 4) is 0 Å². The van der Waals surface area contributed by atoms with Crippen molar-refractivity contribution in [2.24, 2.45) is 0 Å². The molecule has 3 heterocycles. The third-order valence-corrected chi connectivity index (χ3v) is 3.34. The quantitative estimate of drug-likeness (QED) is 0.747. The molecule has 0 aliphatic rings. The summed E-state index contributed by atoms with van der Waals surface area (Å²) < 4.78 is 7.12. The van der Waals surface area contributed by atoms with Crippen molar-refractivity contribution in [1.82, 2.24) is 24.6 Å². The molecule has 1 unspecified atom stereocenters. The number of aryl methyl sites for hydroxylation is 1. The molecule has 0 aliphatic heterocycles. The summed E-state index contributed by atoms with van der Waals surface area (Å²) in [5.74, 6) is 2.53. The highest BCUT2D eigenvalue weighted by atomic mass is 35.5. The minimum atomic E-state index is -0.131. The van der Waals surface area contributed by atoms with Gasteiger partial charge >= 0.3 is 0 Å². The van der Waals surface area contributed by atoms with Crippen molar-refractivity contribution in [2.45, 2.75) is 26.8 Å². The second kappa shape index (κ2) is 4.75. The molecule has 0 bridgehead atoms. The number of hydrogen-bond acceptors (Lipinski definition) is 6. The first-order chi connectivity index (χ1) is 9.56. The Morgan fingerprint density at radius 2 is 2.15 bits per heavy atom. The van der Waals surface area contributed by atoms with E-state index in [-0.39, 0.29) is 6.04 Å². The molecule has 3 aromatic heterocycles. The number of nitrogens with zero attached hydrogens (tertiary/aromatic N) is 5. The molecule has 0 saturated carbocycles. The Bertz CT molecular complexity index is 764. The fourth-order valence-electron chi connectivity index (χ4n) is 1.91. The van der Waals surface area contributed by atoms with Crippen molar-refractivity contribution in [2.75, 3.05) is 5.32 Å². The fraction of sp³-hybridized carbons (Fsp3) is 0.333. The lowest BCUT2D eigenvalue weighted by atomic mass is 10.3. The molecule has 0 spiro atoms. The molecule has 3 aromatic rings. The average molecular weight is 293 g/mol. The summed E-state index contributed by atoms with van der Waals surface area (Å²) in [6.45, 7) is 5.67. The van der Waals surface area contributed by atoms with Crippen LogP contribution >= 0.6 is 11.6 Å². The second-order valence-corrected chi connectivity index (χ2v) is 4.88. The molecule has 0 aliphatic carbocycles. The Balaban J connectivity index is 2.01. The van der Waals surface area contributed by atoms with Crippen LogP contribution in [0.5, 0.6) is 0 Å². The minimum Gasteiger partial charge on any atom is -0.444 e. The van der Waals surface area contributed by atoms with Crippen LogP contribution in [0.1, 0.15) is 30.2 Å². The van der Waals surface area contributed by atoms with Crippen LogP contribution in [-0.2, 0) is 0 Å². The number of aromatic nitrogens is 5. The summed E-state index contributed by atoms with van der Waals surface area (Å²) in [5, 5.41) is 7.83. The van der Waals surface area contributed by atoms with Crippen LogP contribution in [0.4, 0.5) is 5.82 Å². The Labute approximate surface area is 120 Å². The molecular weight excluding hydrogens is 280 g/mol. The lowest BCUT2D eigenvalue weighted by molar-refractivity contribution is 0.453. The van der Waals surface area contributed by atoms with Gasteiger partial charge in [-0.1, -0.05) is 11.6 Å². The van der Waals surface area contributed by atoms with Crippen LogP contribution in [0.2, 0.25) is 5.15 Å². The Hall–Kier alpha value is -2.15. The van der Waals surface area contributed by atoms with E-state index < -0.39 is 0 Å². The normalized spacial score (nSPS) is 12.8. The number of halogens is 1. The van der Waals surface area contributed by atoms with Crippen molar-refractivity contribution < 1.29 is 4.42 Å². The van der Waals surface area contributed by atoms with Gasteiger partial charge in [-0.05, 0) is 20.8 Å². The fourth-order valence-corrected chi connectivity index (χ4v) is 2.07. The Morgan fingerprint density at radius 1 is 1.35 bits per heavy atom. The molecule has 20 heavy (non-hydrogen) atoms. The molecule has 7 nitrogen and oxygen atoms in total.